The van der Waals surface area contributed by atoms with E-state index in [1.54, 1.807) is 13.0 Å². The zero-order valence-corrected chi connectivity index (χ0v) is 15.6. The maximum absolute atomic E-state index is 13.3. The summed E-state index contributed by atoms with van der Waals surface area (Å²) in [7, 11) is 0. The molecule has 1 heterocycles. The van der Waals surface area contributed by atoms with Gasteiger partial charge < -0.3 is 10.6 Å². The van der Waals surface area contributed by atoms with Gasteiger partial charge in [-0.25, -0.2) is 14.4 Å². The van der Waals surface area contributed by atoms with Gasteiger partial charge in [0, 0.05) is 17.1 Å². The third-order valence-corrected chi connectivity index (χ3v) is 4.20. The van der Waals surface area contributed by atoms with Crippen LogP contribution in [0, 0.1) is 12.7 Å². The minimum Gasteiger partial charge on any atom is -0.324 e. The smallest absolute Gasteiger partial charge is 0.274 e. The molecule has 7 heteroatoms. The highest BCUT2D eigenvalue weighted by molar-refractivity contribution is 6.31. The van der Waals surface area contributed by atoms with Gasteiger partial charge >= 0.3 is 0 Å². The molecule has 3 aromatic rings. The van der Waals surface area contributed by atoms with Gasteiger partial charge in [-0.1, -0.05) is 36.7 Å². The molecule has 0 radical (unpaired) electrons. The predicted octanol–water partition coefficient (Wildman–Crippen LogP) is 5.14. The molecule has 5 nitrogen and oxygen atoms in total. The fourth-order valence-corrected chi connectivity index (χ4v) is 2.76. The van der Waals surface area contributed by atoms with Crippen molar-refractivity contribution in [3.05, 3.63) is 76.3 Å². The van der Waals surface area contributed by atoms with Gasteiger partial charge in [-0.2, -0.15) is 0 Å². The number of carbonyl (C=O) groups is 1. The van der Waals surface area contributed by atoms with Gasteiger partial charge in [0.05, 0.1) is 5.02 Å². The highest BCUT2D eigenvalue weighted by Gasteiger charge is 2.13. The number of carbonyl (C=O) groups excluding carboxylic acids is 1. The van der Waals surface area contributed by atoms with Crippen molar-refractivity contribution < 1.29 is 9.18 Å². The van der Waals surface area contributed by atoms with Crippen LogP contribution in [0.2, 0.25) is 5.02 Å². The predicted molar refractivity (Wildman–Crippen MR) is 105 cm³/mol. The third-order valence-electron chi connectivity index (χ3n) is 3.91. The Morgan fingerprint density at radius 1 is 1.15 bits per heavy atom. The van der Waals surface area contributed by atoms with Crippen molar-refractivity contribution in [2.24, 2.45) is 0 Å². The molecule has 0 aliphatic rings. The lowest BCUT2D eigenvalue weighted by molar-refractivity contribution is 0.102. The summed E-state index contributed by atoms with van der Waals surface area (Å²) in [6.45, 7) is 3.84. The van der Waals surface area contributed by atoms with Crippen LogP contribution in [-0.2, 0) is 6.42 Å². The SMILES string of the molecule is CCc1ccccc1Nc1nc(C)cc(C(=O)Nc2ccc(F)c(Cl)c2)n1. The first-order valence-corrected chi connectivity index (χ1v) is 8.81. The fourth-order valence-electron chi connectivity index (χ4n) is 2.58. The Morgan fingerprint density at radius 2 is 1.93 bits per heavy atom. The molecule has 2 aromatic carbocycles. The zero-order chi connectivity index (χ0) is 19.4. The molecular weight excluding hydrogens is 367 g/mol. The van der Waals surface area contributed by atoms with Crippen molar-refractivity contribution in [2.75, 3.05) is 10.6 Å². The molecule has 0 saturated heterocycles. The molecule has 0 aliphatic heterocycles. The average Bonchev–Trinajstić information content (AvgIpc) is 2.64. The van der Waals surface area contributed by atoms with Crippen LogP contribution in [0.25, 0.3) is 0 Å². The first-order valence-electron chi connectivity index (χ1n) is 8.43. The van der Waals surface area contributed by atoms with Crippen molar-refractivity contribution in [3.8, 4) is 0 Å². The maximum Gasteiger partial charge on any atom is 0.274 e. The van der Waals surface area contributed by atoms with Crippen molar-refractivity contribution >= 4 is 34.8 Å². The molecule has 1 amide bonds. The van der Waals surface area contributed by atoms with Crippen LogP contribution in [-0.4, -0.2) is 15.9 Å². The van der Waals surface area contributed by atoms with Crippen LogP contribution in [0.5, 0.6) is 0 Å². The van der Waals surface area contributed by atoms with Gasteiger partial charge in [0.15, 0.2) is 0 Å². The van der Waals surface area contributed by atoms with E-state index in [9.17, 15) is 9.18 Å². The first-order chi connectivity index (χ1) is 13.0. The number of aryl methyl sites for hydroxylation is 2. The van der Waals surface area contributed by atoms with Crippen LogP contribution in [0.1, 0.15) is 28.7 Å². The molecule has 27 heavy (non-hydrogen) atoms. The number of para-hydroxylation sites is 1. The minimum atomic E-state index is -0.548. The number of halogens is 2. The summed E-state index contributed by atoms with van der Waals surface area (Å²) in [5.41, 5.74) is 3.23. The Balaban J connectivity index is 1.84. The van der Waals surface area contributed by atoms with Crippen molar-refractivity contribution in [2.45, 2.75) is 20.3 Å². The van der Waals surface area contributed by atoms with Crippen LogP contribution in [0.3, 0.4) is 0 Å². The summed E-state index contributed by atoms with van der Waals surface area (Å²) in [6, 6.07) is 13.4. The number of amides is 1. The molecule has 0 unspecified atom stereocenters. The number of anilines is 3. The van der Waals surface area contributed by atoms with E-state index in [-0.39, 0.29) is 10.7 Å². The van der Waals surface area contributed by atoms with Crippen LogP contribution < -0.4 is 10.6 Å². The molecule has 0 fully saturated rings. The van der Waals surface area contributed by atoms with E-state index >= 15 is 0 Å². The van der Waals surface area contributed by atoms with Gasteiger partial charge in [0.2, 0.25) is 5.95 Å². The molecule has 2 N–H and O–H groups in total. The van der Waals surface area contributed by atoms with E-state index in [1.165, 1.54) is 18.2 Å². The minimum absolute atomic E-state index is 0.0646. The molecule has 0 saturated carbocycles. The molecule has 0 atom stereocenters. The second kappa shape index (κ2) is 8.14. The number of rotatable bonds is 5. The molecule has 0 aliphatic carbocycles. The number of aromatic nitrogens is 2. The average molecular weight is 385 g/mol. The summed E-state index contributed by atoms with van der Waals surface area (Å²) in [6.07, 6.45) is 0.855. The van der Waals surface area contributed by atoms with Gasteiger partial charge in [0.1, 0.15) is 11.5 Å². The van der Waals surface area contributed by atoms with E-state index in [1.807, 2.05) is 24.3 Å². The van der Waals surface area contributed by atoms with Crippen molar-refractivity contribution in [3.63, 3.8) is 0 Å². The quantitative estimate of drug-likeness (QED) is 0.639. The second-order valence-electron chi connectivity index (χ2n) is 5.94. The topological polar surface area (TPSA) is 66.9 Å². The van der Waals surface area contributed by atoms with E-state index < -0.39 is 11.7 Å². The normalized spacial score (nSPS) is 10.5. The number of benzene rings is 2. The maximum atomic E-state index is 13.3. The summed E-state index contributed by atoms with van der Waals surface area (Å²) < 4.78 is 13.3. The Labute approximate surface area is 161 Å². The van der Waals surface area contributed by atoms with Gasteiger partial charge in [-0.05, 0) is 49.2 Å². The lowest BCUT2D eigenvalue weighted by Crippen LogP contribution is -2.15. The van der Waals surface area contributed by atoms with Crippen LogP contribution >= 0.6 is 11.6 Å². The Bertz CT molecular complexity index is 993. The van der Waals surface area contributed by atoms with E-state index in [0.29, 0.717) is 17.3 Å². The molecule has 1 aromatic heterocycles. The Morgan fingerprint density at radius 3 is 2.67 bits per heavy atom. The first kappa shape index (κ1) is 18.8. The molecular formula is C20H18ClFN4O. The van der Waals surface area contributed by atoms with E-state index in [4.69, 9.17) is 11.6 Å². The van der Waals surface area contributed by atoms with Crippen LogP contribution in [0.4, 0.5) is 21.7 Å². The molecule has 138 valence electrons. The van der Waals surface area contributed by atoms with Gasteiger partial charge in [0.25, 0.3) is 5.91 Å². The summed E-state index contributed by atoms with van der Waals surface area (Å²) >= 11 is 5.75. The van der Waals surface area contributed by atoms with Gasteiger partial charge in [-0.15, -0.1) is 0 Å². The fraction of sp³-hybridized carbons (Fsp3) is 0.150. The summed E-state index contributed by atoms with van der Waals surface area (Å²) in [5, 5.41) is 5.76. The number of hydrogen-bond donors (Lipinski definition) is 2. The highest BCUT2D eigenvalue weighted by Crippen LogP contribution is 2.21. The lowest BCUT2D eigenvalue weighted by Gasteiger charge is -2.11. The highest BCUT2D eigenvalue weighted by atomic mass is 35.5. The monoisotopic (exact) mass is 384 g/mol. The summed E-state index contributed by atoms with van der Waals surface area (Å²) in [5.74, 6) is -0.651. The largest absolute Gasteiger partial charge is 0.324 e. The molecule has 3 rings (SSSR count). The molecule has 0 bridgehead atoms. The molecule has 0 spiro atoms. The summed E-state index contributed by atoms with van der Waals surface area (Å²) in [4.78, 5) is 21.2. The third kappa shape index (κ3) is 4.60. The lowest BCUT2D eigenvalue weighted by atomic mass is 10.1. The van der Waals surface area contributed by atoms with E-state index in [0.717, 1.165) is 17.7 Å². The van der Waals surface area contributed by atoms with Gasteiger partial charge in [-0.3, -0.25) is 4.79 Å². The Hall–Kier alpha value is -2.99. The standard InChI is InChI=1S/C20H18ClFN4O/c1-3-13-6-4-5-7-17(13)25-20-23-12(2)10-18(26-20)19(27)24-14-8-9-16(22)15(21)11-14/h4-11H,3H2,1-2H3,(H,24,27)(H,23,25,26). The zero-order valence-electron chi connectivity index (χ0n) is 14.9. The van der Waals surface area contributed by atoms with Crippen LogP contribution in [0.15, 0.2) is 48.5 Å². The van der Waals surface area contributed by atoms with Crippen molar-refractivity contribution in [1.29, 1.82) is 0 Å². The van der Waals surface area contributed by atoms with E-state index in [2.05, 4.69) is 27.5 Å². The number of nitrogens with one attached hydrogen (secondary N) is 2. The Kier molecular flexibility index (Phi) is 5.66. The number of nitrogens with zero attached hydrogens (tertiary/aromatic N) is 2. The van der Waals surface area contributed by atoms with Crippen molar-refractivity contribution in [1.82, 2.24) is 9.97 Å². The second-order valence-corrected chi connectivity index (χ2v) is 6.34. The number of hydrogen-bond acceptors (Lipinski definition) is 4.